The highest BCUT2D eigenvalue weighted by atomic mass is 16.4. The SMILES string of the molecule is NC(N)=NCCC[C@@H](NC(=O)c1cccn(Cc2ccccc2)c1=O)C(=O)O. The van der Waals surface area contributed by atoms with E-state index in [1.54, 1.807) is 12.3 Å². The molecule has 0 radical (unpaired) electrons. The Morgan fingerprint density at radius 3 is 2.50 bits per heavy atom. The summed E-state index contributed by atoms with van der Waals surface area (Å²) in [6, 6.07) is 11.1. The fourth-order valence-corrected chi connectivity index (χ4v) is 2.61. The lowest BCUT2D eigenvalue weighted by atomic mass is 10.1. The van der Waals surface area contributed by atoms with Crippen LogP contribution in [0.4, 0.5) is 0 Å². The van der Waals surface area contributed by atoms with Crippen molar-refractivity contribution in [3.8, 4) is 0 Å². The van der Waals surface area contributed by atoms with Gasteiger partial charge in [-0.1, -0.05) is 30.3 Å². The number of amides is 1. The second-order valence-corrected chi connectivity index (χ2v) is 6.15. The predicted molar refractivity (Wildman–Crippen MR) is 105 cm³/mol. The van der Waals surface area contributed by atoms with Crippen molar-refractivity contribution in [3.05, 3.63) is 70.1 Å². The fourth-order valence-electron chi connectivity index (χ4n) is 2.61. The second-order valence-electron chi connectivity index (χ2n) is 6.15. The third-order valence-electron chi connectivity index (χ3n) is 4.01. The number of guanidine groups is 1. The summed E-state index contributed by atoms with van der Waals surface area (Å²) in [5.74, 6) is -2.01. The normalized spacial score (nSPS) is 11.4. The van der Waals surface area contributed by atoms with Crippen LogP contribution in [0.2, 0.25) is 0 Å². The molecular formula is C19H23N5O4. The van der Waals surface area contributed by atoms with E-state index < -0.39 is 23.5 Å². The molecule has 9 heteroatoms. The molecule has 2 aromatic rings. The Labute approximate surface area is 161 Å². The van der Waals surface area contributed by atoms with Crippen LogP contribution in [0.5, 0.6) is 0 Å². The molecule has 2 rings (SSSR count). The van der Waals surface area contributed by atoms with Crippen molar-refractivity contribution in [2.45, 2.75) is 25.4 Å². The first-order valence-corrected chi connectivity index (χ1v) is 8.71. The first kappa shape index (κ1) is 20.7. The van der Waals surface area contributed by atoms with E-state index in [9.17, 15) is 19.5 Å². The van der Waals surface area contributed by atoms with Crippen LogP contribution >= 0.6 is 0 Å². The van der Waals surface area contributed by atoms with Gasteiger partial charge in [0, 0.05) is 12.7 Å². The molecule has 28 heavy (non-hydrogen) atoms. The Morgan fingerprint density at radius 2 is 1.86 bits per heavy atom. The van der Waals surface area contributed by atoms with Gasteiger partial charge in [-0.2, -0.15) is 0 Å². The maximum Gasteiger partial charge on any atom is 0.326 e. The van der Waals surface area contributed by atoms with Crippen LogP contribution in [-0.4, -0.2) is 40.1 Å². The monoisotopic (exact) mass is 385 g/mol. The first-order chi connectivity index (χ1) is 13.4. The Morgan fingerprint density at radius 1 is 1.14 bits per heavy atom. The zero-order valence-corrected chi connectivity index (χ0v) is 15.2. The number of aliphatic imine (C=N–C) groups is 1. The van der Waals surface area contributed by atoms with E-state index in [4.69, 9.17) is 11.5 Å². The summed E-state index contributed by atoms with van der Waals surface area (Å²) in [5.41, 5.74) is 10.7. The van der Waals surface area contributed by atoms with Gasteiger partial charge < -0.3 is 26.5 Å². The van der Waals surface area contributed by atoms with Crippen LogP contribution < -0.4 is 22.3 Å². The average Bonchev–Trinajstić information content (AvgIpc) is 2.66. The number of nitrogens with zero attached hydrogens (tertiary/aromatic N) is 2. The minimum absolute atomic E-state index is 0.0841. The van der Waals surface area contributed by atoms with Crippen molar-refractivity contribution < 1.29 is 14.7 Å². The minimum atomic E-state index is -1.20. The number of nitrogens with one attached hydrogen (secondary N) is 1. The van der Waals surface area contributed by atoms with Gasteiger partial charge >= 0.3 is 5.97 Å². The zero-order chi connectivity index (χ0) is 20.5. The van der Waals surface area contributed by atoms with Gasteiger partial charge in [-0.3, -0.25) is 14.6 Å². The molecule has 0 saturated heterocycles. The van der Waals surface area contributed by atoms with E-state index in [-0.39, 0.29) is 24.5 Å². The van der Waals surface area contributed by atoms with Crippen LogP contribution in [0.25, 0.3) is 0 Å². The molecular weight excluding hydrogens is 362 g/mol. The third kappa shape index (κ3) is 5.97. The Bertz CT molecular complexity index is 904. The van der Waals surface area contributed by atoms with Crippen LogP contribution in [0.15, 0.2) is 58.4 Å². The number of hydrogen-bond acceptors (Lipinski definition) is 4. The van der Waals surface area contributed by atoms with Crippen LogP contribution in [-0.2, 0) is 11.3 Å². The Balaban J connectivity index is 2.09. The molecule has 148 valence electrons. The molecule has 1 heterocycles. The molecule has 0 aliphatic carbocycles. The Kier molecular flexibility index (Phi) is 7.32. The highest BCUT2D eigenvalue weighted by Crippen LogP contribution is 2.03. The quantitative estimate of drug-likeness (QED) is 0.273. The number of nitrogens with two attached hydrogens (primary N) is 2. The zero-order valence-electron chi connectivity index (χ0n) is 15.2. The molecule has 0 aliphatic rings. The lowest BCUT2D eigenvalue weighted by Gasteiger charge is -2.14. The minimum Gasteiger partial charge on any atom is -0.480 e. The van der Waals surface area contributed by atoms with Crippen molar-refractivity contribution in [2.75, 3.05) is 6.54 Å². The summed E-state index contributed by atoms with van der Waals surface area (Å²) in [7, 11) is 0. The molecule has 0 spiro atoms. The number of benzene rings is 1. The summed E-state index contributed by atoms with van der Waals surface area (Å²) in [6.07, 6.45) is 2.07. The van der Waals surface area contributed by atoms with E-state index in [0.29, 0.717) is 13.0 Å². The van der Waals surface area contributed by atoms with Gasteiger partial charge in [0.2, 0.25) is 0 Å². The van der Waals surface area contributed by atoms with Crippen LogP contribution in [0.1, 0.15) is 28.8 Å². The van der Waals surface area contributed by atoms with Gasteiger partial charge in [-0.05, 0) is 30.5 Å². The highest BCUT2D eigenvalue weighted by Gasteiger charge is 2.22. The number of carboxylic acid groups (broad SMARTS) is 1. The molecule has 0 aliphatic heterocycles. The summed E-state index contributed by atoms with van der Waals surface area (Å²) in [6.45, 7) is 0.554. The van der Waals surface area contributed by atoms with Gasteiger partial charge in [0.25, 0.3) is 11.5 Å². The van der Waals surface area contributed by atoms with Crippen LogP contribution in [0, 0.1) is 0 Å². The largest absolute Gasteiger partial charge is 0.480 e. The predicted octanol–water partition coefficient (Wildman–Crippen LogP) is 0.133. The molecule has 1 aromatic carbocycles. The summed E-state index contributed by atoms with van der Waals surface area (Å²) < 4.78 is 1.40. The summed E-state index contributed by atoms with van der Waals surface area (Å²) in [4.78, 5) is 40.3. The van der Waals surface area contributed by atoms with E-state index in [0.717, 1.165) is 5.56 Å². The summed E-state index contributed by atoms with van der Waals surface area (Å²) in [5, 5.41) is 11.7. The second kappa shape index (κ2) is 9.91. The number of carbonyl (C=O) groups excluding carboxylic acids is 1. The number of aromatic nitrogens is 1. The fraction of sp³-hybridized carbons (Fsp3) is 0.263. The smallest absolute Gasteiger partial charge is 0.326 e. The standard InChI is InChI=1S/C19H23N5O4/c20-19(21)22-10-4-9-15(18(27)28)23-16(25)14-8-5-11-24(17(14)26)12-13-6-2-1-3-7-13/h1-3,5-8,11,15H,4,9-10,12H2,(H,23,25)(H,27,28)(H4,20,21,22)/t15-/m1/s1. The van der Waals surface area contributed by atoms with Crippen molar-refractivity contribution in [1.29, 1.82) is 0 Å². The molecule has 0 fully saturated rings. The van der Waals surface area contributed by atoms with Crippen molar-refractivity contribution in [3.63, 3.8) is 0 Å². The van der Waals surface area contributed by atoms with Crippen molar-refractivity contribution in [2.24, 2.45) is 16.5 Å². The number of rotatable bonds is 9. The summed E-state index contributed by atoms with van der Waals surface area (Å²) >= 11 is 0. The number of carbonyl (C=O) groups is 2. The third-order valence-corrected chi connectivity index (χ3v) is 4.01. The molecule has 1 amide bonds. The average molecular weight is 385 g/mol. The van der Waals surface area contributed by atoms with Crippen LogP contribution in [0.3, 0.4) is 0 Å². The lowest BCUT2D eigenvalue weighted by molar-refractivity contribution is -0.139. The number of hydrogen-bond donors (Lipinski definition) is 4. The van der Waals surface area contributed by atoms with Gasteiger partial charge in [0.05, 0.1) is 6.54 Å². The molecule has 0 saturated carbocycles. The molecule has 0 unspecified atom stereocenters. The molecule has 1 atom stereocenters. The lowest BCUT2D eigenvalue weighted by Crippen LogP contribution is -2.43. The van der Waals surface area contributed by atoms with Gasteiger partial charge in [-0.25, -0.2) is 4.79 Å². The molecule has 6 N–H and O–H groups in total. The topological polar surface area (TPSA) is 153 Å². The maximum atomic E-state index is 12.6. The van der Waals surface area contributed by atoms with Gasteiger partial charge in [0.1, 0.15) is 11.6 Å². The van der Waals surface area contributed by atoms with E-state index >= 15 is 0 Å². The van der Waals surface area contributed by atoms with Crippen molar-refractivity contribution in [1.82, 2.24) is 9.88 Å². The first-order valence-electron chi connectivity index (χ1n) is 8.71. The molecule has 0 bridgehead atoms. The van der Waals surface area contributed by atoms with Gasteiger partial charge in [0.15, 0.2) is 5.96 Å². The van der Waals surface area contributed by atoms with Crippen molar-refractivity contribution >= 4 is 17.8 Å². The van der Waals surface area contributed by atoms with Gasteiger partial charge in [-0.15, -0.1) is 0 Å². The van der Waals surface area contributed by atoms with E-state index in [1.165, 1.54) is 10.6 Å². The molecule has 9 nitrogen and oxygen atoms in total. The van der Waals surface area contributed by atoms with E-state index in [2.05, 4.69) is 10.3 Å². The Hall–Kier alpha value is -3.62. The number of pyridine rings is 1. The highest BCUT2D eigenvalue weighted by molar-refractivity contribution is 5.96. The van der Waals surface area contributed by atoms with E-state index in [1.807, 2.05) is 30.3 Å². The number of aliphatic carboxylic acids is 1. The molecule has 1 aromatic heterocycles. The maximum absolute atomic E-state index is 12.6. The number of carboxylic acids is 1.